The third-order valence-corrected chi connectivity index (χ3v) is 4.52. The highest BCUT2D eigenvalue weighted by molar-refractivity contribution is 9.11. The van der Waals surface area contributed by atoms with E-state index in [1.54, 1.807) is 30.4 Å². The molecule has 1 rings (SSSR count). The van der Waals surface area contributed by atoms with Crippen LogP contribution >= 0.6 is 27.3 Å². The Labute approximate surface area is 115 Å². The summed E-state index contributed by atoms with van der Waals surface area (Å²) in [7, 11) is 3.39. The van der Waals surface area contributed by atoms with Gasteiger partial charge in [-0.3, -0.25) is 4.79 Å². The molecule has 0 aromatic carbocycles. The number of amides is 1. The molecule has 0 aliphatic carbocycles. The predicted molar refractivity (Wildman–Crippen MR) is 74.2 cm³/mol. The van der Waals surface area contributed by atoms with Crippen molar-refractivity contribution >= 4 is 33.2 Å². The van der Waals surface area contributed by atoms with Gasteiger partial charge in [0.2, 0.25) is 0 Å². The molecule has 1 heterocycles. The number of thiophene rings is 1. The molecule has 1 aromatic heterocycles. The number of halogens is 1. The molecule has 0 fully saturated rings. The van der Waals surface area contributed by atoms with Gasteiger partial charge in [-0.25, -0.2) is 0 Å². The first-order valence-electron chi connectivity index (χ1n) is 5.46. The van der Waals surface area contributed by atoms with Gasteiger partial charge in [0.15, 0.2) is 0 Å². The predicted octanol–water partition coefficient (Wildman–Crippen LogP) is 3.28. The van der Waals surface area contributed by atoms with Crippen molar-refractivity contribution in [3.63, 3.8) is 0 Å². The average Bonchev–Trinajstić information content (AvgIpc) is 2.72. The summed E-state index contributed by atoms with van der Waals surface area (Å²) in [6.07, 6.45) is 0.667. The molecule has 0 aliphatic rings. The topological polar surface area (TPSA) is 29.5 Å². The molecule has 0 N–H and O–H groups in total. The Morgan fingerprint density at radius 3 is 2.71 bits per heavy atom. The molecular formula is C12H18BrNO2S. The third-order valence-electron chi connectivity index (χ3n) is 2.97. The summed E-state index contributed by atoms with van der Waals surface area (Å²) < 4.78 is 6.40. The summed E-state index contributed by atoms with van der Waals surface area (Å²) in [4.78, 5) is 13.9. The van der Waals surface area contributed by atoms with Crippen LogP contribution in [0, 0.1) is 0 Å². The van der Waals surface area contributed by atoms with E-state index in [1.807, 2.05) is 25.3 Å². The van der Waals surface area contributed by atoms with Crippen molar-refractivity contribution in [1.82, 2.24) is 4.90 Å². The van der Waals surface area contributed by atoms with Crippen LogP contribution in [0.1, 0.15) is 25.8 Å². The SMILES string of the molecule is CCC(C)(OC)C(=O)N(C)Cc1csc(Br)c1. The Morgan fingerprint density at radius 1 is 1.65 bits per heavy atom. The minimum atomic E-state index is -0.720. The van der Waals surface area contributed by atoms with E-state index in [1.165, 1.54) is 0 Å². The van der Waals surface area contributed by atoms with Crippen molar-refractivity contribution < 1.29 is 9.53 Å². The highest BCUT2D eigenvalue weighted by Crippen LogP contribution is 2.23. The van der Waals surface area contributed by atoms with Crippen LogP contribution in [-0.2, 0) is 16.1 Å². The molecule has 1 amide bonds. The lowest BCUT2D eigenvalue weighted by molar-refractivity contribution is -0.152. The highest BCUT2D eigenvalue weighted by Gasteiger charge is 2.33. The molecule has 96 valence electrons. The third kappa shape index (κ3) is 3.53. The number of nitrogens with zero attached hydrogens (tertiary/aromatic N) is 1. The second-order valence-electron chi connectivity index (χ2n) is 4.21. The standard InChI is InChI=1S/C12H18BrNO2S/c1-5-12(2,16-4)11(15)14(3)7-9-6-10(13)17-8-9/h6,8H,5,7H2,1-4H3. The van der Waals surface area contributed by atoms with Crippen LogP contribution in [0.3, 0.4) is 0 Å². The van der Waals surface area contributed by atoms with Gasteiger partial charge in [-0.1, -0.05) is 6.92 Å². The molecule has 1 atom stereocenters. The fourth-order valence-corrected chi connectivity index (χ4v) is 2.76. The average molecular weight is 320 g/mol. The second-order valence-corrected chi connectivity index (χ2v) is 6.50. The van der Waals surface area contributed by atoms with Gasteiger partial charge in [0.05, 0.1) is 3.79 Å². The minimum absolute atomic E-state index is 0.0184. The number of carbonyl (C=O) groups is 1. The molecule has 17 heavy (non-hydrogen) atoms. The number of ether oxygens (including phenoxy) is 1. The van der Waals surface area contributed by atoms with E-state index in [2.05, 4.69) is 15.9 Å². The molecule has 5 heteroatoms. The summed E-state index contributed by atoms with van der Waals surface area (Å²) in [5.41, 5.74) is 0.412. The summed E-state index contributed by atoms with van der Waals surface area (Å²) in [6.45, 7) is 4.39. The summed E-state index contributed by atoms with van der Waals surface area (Å²) >= 11 is 5.04. The number of hydrogen-bond donors (Lipinski definition) is 0. The molecule has 1 unspecified atom stereocenters. The zero-order valence-electron chi connectivity index (χ0n) is 10.6. The number of methoxy groups -OCH3 is 1. The molecular weight excluding hydrogens is 302 g/mol. The van der Waals surface area contributed by atoms with Crippen LogP contribution in [0.25, 0.3) is 0 Å². The molecule has 0 bridgehead atoms. The molecule has 0 spiro atoms. The Bertz CT molecular complexity index is 388. The van der Waals surface area contributed by atoms with Crippen molar-refractivity contribution in [2.45, 2.75) is 32.4 Å². The molecule has 3 nitrogen and oxygen atoms in total. The van der Waals surface area contributed by atoms with Crippen LogP contribution in [0.15, 0.2) is 15.2 Å². The molecule has 1 aromatic rings. The number of likely N-dealkylation sites (N-methyl/N-ethyl adjacent to an activating group) is 1. The minimum Gasteiger partial charge on any atom is -0.369 e. The molecule has 0 saturated heterocycles. The quantitative estimate of drug-likeness (QED) is 0.833. The van der Waals surface area contributed by atoms with E-state index >= 15 is 0 Å². The van der Waals surface area contributed by atoms with E-state index in [9.17, 15) is 4.79 Å². The summed E-state index contributed by atoms with van der Waals surface area (Å²) in [6, 6.07) is 2.03. The van der Waals surface area contributed by atoms with E-state index in [0.29, 0.717) is 13.0 Å². The lowest BCUT2D eigenvalue weighted by Crippen LogP contribution is -2.46. The van der Waals surface area contributed by atoms with Gasteiger partial charge in [-0.2, -0.15) is 0 Å². The van der Waals surface area contributed by atoms with Gasteiger partial charge in [0.1, 0.15) is 5.60 Å². The smallest absolute Gasteiger partial charge is 0.254 e. The van der Waals surface area contributed by atoms with Crippen LogP contribution in [0.2, 0.25) is 0 Å². The van der Waals surface area contributed by atoms with Crippen LogP contribution in [0.5, 0.6) is 0 Å². The van der Waals surface area contributed by atoms with Crippen molar-refractivity contribution in [2.75, 3.05) is 14.2 Å². The molecule has 0 radical (unpaired) electrons. The lowest BCUT2D eigenvalue weighted by Gasteiger charge is -2.30. The first-order chi connectivity index (χ1) is 7.92. The molecule has 0 saturated carbocycles. The Morgan fingerprint density at radius 2 is 2.29 bits per heavy atom. The largest absolute Gasteiger partial charge is 0.369 e. The highest BCUT2D eigenvalue weighted by atomic mass is 79.9. The van der Waals surface area contributed by atoms with Gasteiger partial charge in [-0.15, -0.1) is 11.3 Å². The number of hydrogen-bond acceptors (Lipinski definition) is 3. The fraction of sp³-hybridized carbons (Fsp3) is 0.583. The van der Waals surface area contributed by atoms with Crippen LogP contribution < -0.4 is 0 Å². The monoisotopic (exact) mass is 319 g/mol. The van der Waals surface area contributed by atoms with Gasteiger partial charge in [-0.05, 0) is 46.3 Å². The maximum Gasteiger partial charge on any atom is 0.254 e. The zero-order valence-corrected chi connectivity index (χ0v) is 13.0. The van der Waals surface area contributed by atoms with E-state index < -0.39 is 5.60 Å². The van der Waals surface area contributed by atoms with E-state index in [-0.39, 0.29) is 5.91 Å². The fourth-order valence-electron chi connectivity index (χ4n) is 1.56. The summed E-state index contributed by atoms with van der Waals surface area (Å²) in [5.74, 6) is 0.0184. The van der Waals surface area contributed by atoms with Crippen molar-refractivity contribution in [1.29, 1.82) is 0 Å². The van der Waals surface area contributed by atoms with Gasteiger partial charge in [0, 0.05) is 20.7 Å². The van der Waals surface area contributed by atoms with Crippen molar-refractivity contribution in [2.24, 2.45) is 0 Å². The van der Waals surface area contributed by atoms with Crippen LogP contribution in [0.4, 0.5) is 0 Å². The first kappa shape index (κ1) is 14.7. The van der Waals surface area contributed by atoms with Gasteiger partial charge < -0.3 is 9.64 Å². The Balaban J connectivity index is 2.70. The van der Waals surface area contributed by atoms with Crippen molar-refractivity contribution in [3.8, 4) is 0 Å². The maximum atomic E-state index is 12.2. The normalized spacial score (nSPS) is 14.4. The second kappa shape index (κ2) is 5.98. The first-order valence-corrected chi connectivity index (χ1v) is 7.14. The van der Waals surface area contributed by atoms with E-state index in [0.717, 1.165) is 9.35 Å². The lowest BCUT2D eigenvalue weighted by atomic mass is 10.0. The van der Waals surface area contributed by atoms with E-state index in [4.69, 9.17) is 4.74 Å². The van der Waals surface area contributed by atoms with Crippen molar-refractivity contribution in [3.05, 3.63) is 20.8 Å². The Kier molecular flexibility index (Phi) is 5.16. The van der Waals surface area contributed by atoms with Gasteiger partial charge >= 0.3 is 0 Å². The summed E-state index contributed by atoms with van der Waals surface area (Å²) in [5, 5.41) is 2.05. The zero-order chi connectivity index (χ0) is 13.1. The van der Waals surface area contributed by atoms with Crippen LogP contribution in [-0.4, -0.2) is 30.6 Å². The Hall–Kier alpha value is -0.390. The molecule has 0 aliphatic heterocycles. The maximum absolute atomic E-state index is 12.2. The number of rotatable bonds is 5. The van der Waals surface area contributed by atoms with Gasteiger partial charge in [0.25, 0.3) is 5.91 Å². The number of carbonyl (C=O) groups excluding carboxylic acids is 1.